The summed E-state index contributed by atoms with van der Waals surface area (Å²) in [4.78, 5) is 17.1. The minimum Gasteiger partial charge on any atom is -0.324 e. The lowest BCUT2D eigenvalue weighted by atomic mass is 9.98. The van der Waals surface area contributed by atoms with Gasteiger partial charge in [-0.1, -0.05) is 12.1 Å². The first-order valence-corrected chi connectivity index (χ1v) is 8.28. The van der Waals surface area contributed by atoms with Gasteiger partial charge in [-0.2, -0.15) is 0 Å². The zero-order valence-electron chi connectivity index (χ0n) is 13.0. The lowest BCUT2D eigenvalue weighted by Gasteiger charge is -2.14. The van der Waals surface area contributed by atoms with Crippen molar-refractivity contribution in [3.05, 3.63) is 71.1 Å². The molecule has 3 rings (SSSR count). The average Bonchev–Trinajstić information content (AvgIpc) is 3.10. The average molecular weight is 341 g/mol. The van der Waals surface area contributed by atoms with E-state index in [9.17, 15) is 9.18 Å². The summed E-state index contributed by atoms with van der Waals surface area (Å²) in [6, 6.07) is 10.5. The molecule has 3 aromatic rings. The van der Waals surface area contributed by atoms with E-state index in [1.807, 2.05) is 30.5 Å². The number of benzene rings is 1. The van der Waals surface area contributed by atoms with Gasteiger partial charge in [-0.25, -0.2) is 4.39 Å². The number of rotatable bonds is 4. The number of nitrogens with zero attached hydrogens (tertiary/aromatic N) is 1. The molecule has 0 fully saturated rings. The number of hydrogen-bond acceptors (Lipinski definition) is 4. The number of anilines is 1. The molecule has 1 aromatic carbocycles. The molecule has 0 radical (unpaired) electrons. The summed E-state index contributed by atoms with van der Waals surface area (Å²) in [5.41, 5.74) is 8.46. The fraction of sp³-hybridized carbons (Fsp3) is 0.111. The Bertz CT molecular complexity index is 862. The van der Waals surface area contributed by atoms with E-state index in [-0.39, 0.29) is 17.6 Å². The monoisotopic (exact) mass is 341 g/mol. The molecule has 0 saturated heterocycles. The van der Waals surface area contributed by atoms with E-state index >= 15 is 0 Å². The van der Waals surface area contributed by atoms with Crippen LogP contribution in [0.4, 0.5) is 10.1 Å². The maximum Gasteiger partial charge on any atom is 0.255 e. The number of aromatic nitrogens is 1. The third-order valence-electron chi connectivity index (χ3n) is 3.61. The fourth-order valence-corrected chi connectivity index (χ4v) is 3.18. The third-order valence-corrected chi connectivity index (χ3v) is 4.52. The lowest BCUT2D eigenvalue weighted by molar-refractivity contribution is 0.102. The van der Waals surface area contributed by atoms with Crippen LogP contribution in [0.15, 0.2) is 54.2 Å². The summed E-state index contributed by atoms with van der Waals surface area (Å²) in [5, 5.41) is 4.54. The van der Waals surface area contributed by atoms with Gasteiger partial charge < -0.3 is 11.1 Å². The number of thiophene rings is 1. The predicted octanol–water partition coefficient (Wildman–Crippen LogP) is 4.22. The summed E-state index contributed by atoms with van der Waals surface area (Å²) in [5.74, 6) is -0.953. The number of nitrogens with two attached hydrogens (primary N) is 1. The van der Waals surface area contributed by atoms with Crippen molar-refractivity contribution < 1.29 is 9.18 Å². The SMILES string of the molecule is C[C@@H](N)c1ccc(C(=O)Nc2ccncc2F)cc1-c1cccs1. The first kappa shape index (κ1) is 16.3. The van der Waals surface area contributed by atoms with E-state index < -0.39 is 5.82 Å². The van der Waals surface area contributed by atoms with Gasteiger partial charge >= 0.3 is 0 Å². The highest BCUT2D eigenvalue weighted by atomic mass is 32.1. The lowest BCUT2D eigenvalue weighted by Crippen LogP contribution is -2.14. The predicted molar refractivity (Wildman–Crippen MR) is 94.5 cm³/mol. The molecule has 0 saturated carbocycles. The van der Waals surface area contributed by atoms with E-state index in [1.54, 1.807) is 23.5 Å². The van der Waals surface area contributed by atoms with Crippen molar-refractivity contribution in [3.8, 4) is 10.4 Å². The second kappa shape index (κ2) is 6.90. The molecule has 24 heavy (non-hydrogen) atoms. The maximum atomic E-state index is 13.6. The van der Waals surface area contributed by atoms with E-state index in [2.05, 4.69) is 10.3 Å². The van der Waals surface area contributed by atoms with Crippen molar-refractivity contribution in [1.29, 1.82) is 0 Å². The number of carbonyl (C=O) groups is 1. The van der Waals surface area contributed by atoms with E-state index in [0.29, 0.717) is 5.56 Å². The Kier molecular flexibility index (Phi) is 4.69. The van der Waals surface area contributed by atoms with Crippen LogP contribution < -0.4 is 11.1 Å². The van der Waals surface area contributed by atoms with Gasteiger partial charge in [0.25, 0.3) is 5.91 Å². The molecule has 122 valence electrons. The molecular formula is C18H16FN3OS. The summed E-state index contributed by atoms with van der Waals surface area (Å²) in [6.45, 7) is 1.90. The molecule has 6 heteroatoms. The Morgan fingerprint density at radius 3 is 2.83 bits per heavy atom. The maximum absolute atomic E-state index is 13.6. The van der Waals surface area contributed by atoms with Gasteiger partial charge in [0.1, 0.15) is 0 Å². The molecule has 0 aliphatic carbocycles. The highest BCUT2D eigenvalue weighted by molar-refractivity contribution is 7.13. The summed E-state index contributed by atoms with van der Waals surface area (Å²) in [7, 11) is 0. The van der Waals surface area contributed by atoms with Crippen molar-refractivity contribution in [2.75, 3.05) is 5.32 Å². The van der Waals surface area contributed by atoms with Gasteiger partial charge in [-0.3, -0.25) is 9.78 Å². The third kappa shape index (κ3) is 3.34. The Morgan fingerprint density at radius 2 is 2.17 bits per heavy atom. The smallest absolute Gasteiger partial charge is 0.255 e. The highest BCUT2D eigenvalue weighted by Crippen LogP contribution is 2.32. The molecule has 0 aliphatic heterocycles. The molecule has 2 aromatic heterocycles. The van der Waals surface area contributed by atoms with Gasteiger partial charge in [0.05, 0.1) is 11.9 Å². The summed E-state index contributed by atoms with van der Waals surface area (Å²) in [6.07, 6.45) is 2.49. The fourth-order valence-electron chi connectivity index (χ4n) is 2.41. The van der Waals surface area contributed by atoms with E-state index in [0.717, 1.165) is 22.2 Å². The van der Waals surface area contributed by atoms with Crippen LogP contribution >= 0.6 is 11.3 Å². The van der Waals surface area contributed by atoms with Crippen molar-refractivity contribution in [1.82, 2.24) is 4.98 Å². The normalized spacial score (nSPS) is 12.0. The van der Waals surface area contributed by atoms with Crippen LogP contribution in [0.5, 0.6) is 0 Å². The Hall–Kier alpha value is -2.57. The zero-order valence-corrected chi connectivity index (χ0v) is 13.8. The Morgan fingerprint density at radius 1 is 1.33 bits per heavy atom. The number of hydrogen-bond donors (Lipinski definition) is 2. The van der Waals surface area contributed by atoms with Crippen LogP contribution in [-0.4, -0.2) is 10.9 Å². The van der Waals surface area contributed by atoms with Crippen LogP contribution in [0.2, 0.25) is 0 Å². The van der Waals surface area contributed by atoms with Crippen molar-refractivity contribution in [2.24, 2.45) is 5.73 Å². The van der Waals surface area contributed by atoms with Crippen LogP contribution in [-0.2, 0) is 0 Å². The molecule has 0 spiro atoms. The molecule has 2 heterocycles. The molecule has 1 amide bonds. The second-order valence-electron chi connectivity index (χ2n) is 5.38. The number of pyridine rings is 1. The molecule has 0 unspecified atom stereocenters. The number of amides is 1. The number of nitrogens with one attached hydrogen (secondary N) is 1. The molecule has 1 atom stereocenters. The van der Waals surface area contributed by atoms with Gasteiger partial charge in [0.15, 0.2) is 5.82 Å². The largest absolute Gasteiger partial charge is 0.324 e. The van der Waals surface area contributed by atoms with E-state index in [4.69, 9.17) is 5.73 Å². The van der Waals surface area contributed by atoms with Gasteiger partial charge in [-0.05, 0) is 47.7 Å². The first-order valence-electron chi connectivity index (χ1n) is 7.40. The van der Waals surface area contributed by atoms with Crippen LogP contribution in [0.1, 0.15) is 28.9 Å². The van der Waals surface area contributed by atoms with Crippen molar-refractivity contribution in [2.45, 2.75) is 13.0 Å². The van der Waals surface area contributed by atoms with Crippen LogP contribution in [0.3, 0.4) is 0 Å². The van der Waals surface area contributed by atoms with Gasteiger partial charge in [0, 0.05) is 22.7 Å². The number of halogens is 1. The highest BCUT2D eigenvalue weighted by Gasteiger charge is 2.15. The Labute approximate surface area is 143 Å². The molecule has 4 nitrogen and oxygen atoms in total. The first-order chi connectivity index (χ1) is 11.6. The zero-order chi connectivity index (χ0) is 17.1. The topological polar surface area (TPSA) is 68.0 Å². The standard InChI is InChI=1S/C18H16FN3OS/c1-11(20)13-5-4-12(9-14(13)17-3-2-8-24-17)18(23)22-16-6-7-21-10-15(16)19/h2-11H,20H2,1H3,(H,21,22,23)/t11-/m1/s1. The van der Waals surface area contributed by atoms with Gasteiger partial charge in [-0.15, -0.1) is 11.3 Å². The minimum absolute atomic E-state index is 0.101. The quantitative estimate of drug-likeness (QED) is 0.746. The van der Waals surface area contributed by atoms with Gasteiger partial charge in [0.2, 0.25) is 0 Å². The van der Waals surface area contributed by atoms with Crippen LogP contribution in [0, 0.1) is 5.82 Å². The summed E-state index contributed by atoms with van der Waals surface area (Å²) < 4.78 is 13.6. The number of carbonyl (C=O) groups excluding carboxylic acids is 1. The van der Waals surface area contributed by atoms with E-state index in [1.165, 1.54) is 12.3 Å². The van der Waals surface area contributed by atoms with Crippen LogP contribution in [0.25, 0.3) is 10.4 Å². The summed E-state index contributed by atoms with van der Waals surface area (Å²) >= 11 is 1.58. The molecule has 3 N–H and O–H groups in total. The second-order valence-corrected chi connectivity index (χ2v) is 6.33. The minimum atomic E-state index is -0.573. The van der Waals surface area contributed by atoms with Crippen molar-refractivity contribution in [3.63, 3.8) is 0 Å². The molecular weight excluding hydrogens is 325 g/mol. The molecule has 0 bridgehead atoms. The van der Waals surface area contributed by atoms with Crippen molar-refractivity contribution >= 4 is 22.9 Å². The Balaban J connectivity index is 1.96. The molecule has 0 aliphatic rings.